The highest BCUT2D eigenvalue weighted by molar-refractivity contribution is 5.79. The molecule has 1 saturated carbocycles. The highest BCUT2D eigenvalue weighted by atomic mass is 15.2. The van der Waals surface area contributed by atoms with Crippen LogP contribution in [0.25, 0.3) is 28.0 Å². The highest BCUT2D eigenvalue weighted by Gasteiger charge is 2.24. The summed E-state index contributed by atoms with van der Waals surface area (Å²) in [6, 6.07) is 8.80. The average Bonchev–Trinajstić information content (AvgIpc) is 3.30. The Morgan fingerprint density at radius 3 is 2.81 bits per heavy atom. The number of aromatic amines is 2. The van der Waals surface area contributed by atoms with Crippen molar-refractivity contribution >= 4 is 28.1 Å². The molecule has 5 N–H and O–H groups in total. The van der Waals surface area contributed by atoms with E-state index in [0.29, 0.717) is 23.7 Å². The molecule has 3 aromatic heterocycles. The van der Waals surface area contributed by atoms with E-state index in [9.17, 15) is 0 Å². The molecule has 8 heteroatoms. The van der Waals surface area contributed by atoms with Crippen LogP contribution in [-0.4, -0.2) is 37.0 Å². The van der Waals surface area contributed by atoms with Crippen molar-refractivity contribution in [3.8, 4) is 5.82 Å². The Kier molecular flexibility index (Phi) is 3.56. The van der Waals surface area contributed by atoms with Crippen LogP contribution in [0.1, 0.15) is 25.7 Å². The van der Waals surface area contributed by atoms with Crippen molar-refractivity contribution in [3.05, 3.63) is 36.9 Å². The van der Waals surface area contributed by atoms with Gasteiger partial charge >= 0.3 is 5.95 Å². The third-order valence-electron chi connectivity index (χ3n) is 5.11. The molecule has 1 aliphatic carbocycles. The number of para-hydroxylation sites is 2. The van der Waals surface area contributed by atoms with Crippen LogP contribution in [0.5, 0.6) is 0 Å². The maximum atomic E-state index is 6.01. The predicted molar refractivity (Wildman–Crippen MR) is 98.9 cm³/mol. The smallest absolute Gasteiger partial charge is 0.302 e. The molecule has 132 valence electrons. The van der Waals surface area contributed by atoms with E-state index in [2.05, 4.69) is 31.3 Å². The second-order valence-electron chi connectivity index (χ2n) is 6.89. The minimum Gasteiger partial charge on any atom is -0.338 e. The summed E-state index contributed by atoms with van der Waals surface area (Å²) in [5.41, 5.74) is 9.59. The van der Waals surface area contributed by atoms with E-state index in [4.69, 9.17) is 10.7 Å². The van der Waals surface area contributed by atoms with Crippen LogP contribution in [-0.2, 0) is 0 Å². The van der Waals surface area contributed by atoms with Gasteiger partial charge in [-0.15, -0.1) is 0 Å². The van der Waals surface area contributed by atoms with E-state index in [1.165, 1.54) is 0 Å². The van der Waals surface area contributed by atoms with Crippen molar-refractivity contribution in [2.75, 3.05) is 5.32 Å². The maximum Gasteiger partial charge on any atom is 0.302 e. The van der Waals surface area contributed by atoms with Crippen molar-refractivity contribution in [1.29, 1.82) is 0 Å². The van der Waals surface area contributed by atoms with E-state index in [1.807, 2.05) is 29.1 Å². The van der Waals surface area contributed by atoms with Crippen LogP contribution < -0.4 is 15.6 Å². The van der Waals surface area contributed by atoms with Gasteiger partial charge in [-0.25, -0.2) is 4.98 Å². The fourth-order valence-corrected chi connectivity index (χ4v) is 3.69. The first-order valence-corrected chi connectivity index (χ1v) is 8.99. The van der Waals surface area contributed by atoms with Crippen LogP contribution in [0, 0.1) is 0 Å². The van der Waals surface area contributed by atoms with Crippen molar-refractivity contribution in [1.82, 2.24) is 24.9 Å². The predicted octanol–water partition coefficient (Wildman–Crippen LogP) is 1.79. The standard InChI is InChI=1S/C18H20N8/c19-11-5-7-12(8-6-11)23-18-24-16-15(20-9-21-16)17(25-18)26-10-22-13-3-1-2-4-14(13)26/h1-4,9-12H,5-8,19H2,(H2,20,21,23,24,25)/p+1. The Morgan fingerprint density at radius 2 is 1.92 bits per heavy atom. The van der Waals surface area contributed by atoms with E-state index in [1.54, 1.807) is 6.33 Å². The van der Waals surface area contributed by atoms with Crippen LogP contribution in [0.4, 0.5) is 5.95 Å². The maximum absolute atomic E-state index is 6.01. The minimum atomic E-state index is 0.320. The number of H-pyrrole nitrogens is 2. The number of fused-ring (bicyclic) bond motifs is 2. The molecule has 0 bridgehead atoms. The Hall–Kier alpha value is -3.00. The molecule has 0 atom stereocenters. The number of nitrogens with two attached hydrogens (primary N) is 1. The Morgan fingerprint density at radius 1 is 1.08 bits per heavy atom. The molecule has 5 rings (SSSR count). The first kappa shape index (κ1) is 15.3. The molecule has 26 heavy (non-hydrogen) atoms. The largest absolute Gasteiger partial charge is 0.338 e. The molecule has 8 nitrogen and oxygen atoms in total. The number of nitrogens with zero attached hydrogens (tertiary/aromatic N) is 4. The number of imidazole rings is 2. The molecule has 0 radical (unpaired) electrons. The van der Waals surface area contributed by atoms with Crippen LogP contribution >= 0.6 is 0 Å². The third-order valence-corrected chi connectivity index (χ3v) is 5.11. The van der Waals surface area contributed by atoms with E-state index < -0.39 is 0 Å². The second-order valence-corrected chi connectivity index (χ2v) is 6.89. The molecule has 0 unspecified atom stereocenters. The second kappa shape index (κ2) is 6.06. The number of nitrogens with one attached hydrogen (secondary N) is 3. The summed E-state index contributed by atoms with van der Waals surface area (Å²) in [5, 5.41) is 3.48. The zero-order valence-corrected chi connectivity index (χ0v) is 14.3. The summed E-state index contributed by atoms with van der Waals surface area (Å²) in [6.07, 6.45) is 7.72. The lowest BCUT2D eigenvalue weighted by atomic mass is 9.92. The summed E-state index contributed by atoms with van der Waals surface area (Å²) >= 11 is 0. The van der Waals surface area contributed by atoms with Gasteiger partial charge in [-0.1, -0.05) is 17.1 Å². The topological polar surface area (TPSA) is 112 Å². The highest BCUT2D eigenvalue weighted by Crippen LogP contribution is 2.22. The monoisotopic (exact) mass is 349 g/mol. The lowest BCUT2D eigenvalue weighted by Crippen LogP contribution is -2.34. The molecule has 0 saturated heterocycles. The Balaban J connectivity index is 1.57. The minimum absolute atomic E-state index is 0.320. The van der Waals surface area contributed by atoms with Gasteiger partial charge in [0.15, 0.2) is 17.5 Å². The van der Waals surface area contributed by atoms with Crippen molar-refractivity contribution in [2.24, 2.45) is 5.73 Å². The van der Waals surface area contributed by atoms with Gasteiger partial charge in [-0.3, -0.25) is 4.98 Å². The lowest BCUT2D eigenvalue weighted by Gasteiger charge is -2.26. The van der Waals surface area contributed by atoms with Gasteiger partial charge in [-0.2, -0.15) is 9.55 Å². The van der Waals surface area contributed by atoms with Gasteiger partial charge in [0.2, 0.25) is 0 Å². The summed E-state index contributed by atoms with van der Waals surface area (Å²) in [4.78, 5) is 20.2. The molecule has 3 heterocycles. The molecule has 4 aromatic rings. The summed E-state index contributed by atoms with van der Waals surface area (Å²) < 4.78 is 2.03. The van der Waals surface area contributed by atoms with Gasteiger partial charge in [0.1, 0.15) is 11.0 Å². The van der Waals surface area contributed by atoms with Crippen molar-refractivity contribution < 1.29 is 4.57 Å². The fraction of sp³-hybridized carbons (Fsp3) is 0.333. The van der Waals surface area contributed by atoms with Crippen molar-refractivity contribution in [2.45, 2.75) is 37.8 Å². The van der Waals surface area contributed by atoms with E-state index in [0.717, 1.165) is 48.1 Å². The van der Waals surface area contributed by atoms with E-state index in [-0.39, 0.29) is 0 Å². The zero-order chi connectivity index (χ0) is 17.5. The number of anilines is 1. The molecule has 0 amide bonds. The van der Waals surface area contributed by atoms with Crippen LogP contribution in [0.2, 0.25) is 0 Å². The van der Waals surface area contributed by atoms with Gasteiger partial charge in [0.25, 0.3) is 5.82 Å². The SMILES string of the molecule is NC1CCC(Nc2nc(-[n+]3c[nH]c4ccccc43)c3[nH]cnc3n2)CC1. The van der Waals surface area contributed by atoms with E-state index >= 15 is 0 Å². The van der Waals surface area contributed by atoms with Gasteiger partial charge < -0.3 is 16.0 Å². The molecular formula is C18H21N8+. The Labute approximate surface area is 149 Å². The zero-order valence-electron chi connectivity index (χ0n) is 14.3. The molecule has 0 spiro atoms. The number of rotatable bonds is 3. The molecule has 1 aromatic carbocycles. The Bertz CT molecular complexity index is 1060. The summed E-state index contributed by atoms with van der Waals surface area (Å²) in [6.45, 7) is 0. The number of aromatic nitrogens is 6. The summed E-state index contributed by atoms with van der Waals surface area (Å²) in [7, 11) is 0. The number of benzene rings is 1. The average molecular weight is 349 g/mol. The number of hydrogen-bond acceptors (Lipinski definition) is 5. The van der Waals surface area contributed by atoms with Gasteiger partial charge in [0.05, 0.1) is 6.33 Å². The first-order valence-electron chi connectivity index (χ1n) is 8.99. The fourth-order valence-electron chi connectivity index (χ4n) is 3.69. The third kappa shape index (κ3) is 2.59. The molecule has 1 fully saturated rings. The molecule has 1 aliphatic rings. The molecule has 0 aliphatic heterocycles. The van der Waals surface area contributed by atoms with Crippen LogP contribution in [0.15, 0.2) is 36.9 Å². The van der Waals surface area contributed by atoms with Gasteiger partial charge in [-0.05, 0) is 37.8 Å². The quantitative estimate of drug-likeness (QED) is 0.421. The normalized spacial score (nSPS) is 20.7. The molecular weight excluding hydrogens is 328 g/mol. The lowest BCUT2D eigenvalue weighted by molar-refractivity contribution is -0.569. The van der Waals surface area contributed by atoms with Crippen LogP contribution in [0.3, 0.4) is 0 Å². The van der Waals surface area contributed by atoms with Gasteiger partial charge in [0, 0.05) is 12.1 Å². The summed E-state index contributed by atoms with van der Waals surface area (Å²) in [5.74, 6) is 1.39. The first-order chi connectivity index (χ1) is 12.8. The number of hydrogen-bond donors (Lipinski definition) is 4. The van der Waals surface area contributed by atoms with Crippen molar-refractivity contribution in [3.63, 3.8) is 0 Å².